The smallest absolute Gasteiger partial charge is 0.408 e. The maximum atomic E-state index is 12.5. The van der Waals surface area contributed by atoms with Gasteiger partial charge in [-0.25, -0.2) is 4.79 Å². The second-order valence-electron chi connectivity index (χ2n) is 9.02. The van der Waals surface area contributed by atoms with Gasteiger partial charge in [-0.2, -0.15) is 0 Å². The zero-order valence-corrected chi connectivity index (χ0v) is 17.4. The third-order valence-corrected chi connectivity index (χ3v) is 5.73. The Balaban J connectivity index is 1.91. The summed E-state index contributed by atoms with van der Waals surface area (Å²) < 4.78 is 15.5. The number of rotatable bonds is 4. The quantitative estimate of drug-likeness (QED) is 0.330. The van der Waals surface area contributed by atoms with E-state index in [0.29, 0.717) is 0 Å². The maximum absolute atomic E-state index is 12.5. The summed E-state index contributed by atoms with van der Waals surface area (Å²) in [6.07, 6.45) is 5.02. The van der Waals surface area contributed by atoms with E-state index >= 15 is 0 Å². The van der Waals surface area contributed by atoms with E-state index in [2.05, 4.69) is 5.32 Å². The highest BCUT2D eigenvalue weighted by molar-refractivity contribution is 5.97. The van der Waals surface area contributed by atoms with Crippen molar-refractivity contribution < 1.29 is 33.4 Å². The Hall–Kier alpha value is -2.38. The molecule has 8 heteroatoms. The molecule has 160 valence electrons. The molecule has 1 N–H and O–H groups in total. The number of fused-ring (bicyclic) bond motifs is 3. The summed E-state index contributed by atoms with van der Waals surface area (Å²) in [5.74, 6) is -3.34. The molecule has 29 heavy (non-hydrogen) atoms. The number of hydrogen-bond donors (Lipinski definition) is 1. The van der Waals surface area contributed by atoms with Crippen LogP contribution in [0, 0.1) is 23.7 Å². The van der Waals surface area contributed by atoms with Crippen LogP contribution in [0.5, 0.6) is 0 Å². The van der Waals surface area contributed by atoms with Crippen molar-refractivity contribution in [1.82, 2.24) is 5.32 Å². The van der Waals surface area contributed by atoms with Gasteiger partial charge in [-0.05, 0) is 46.0 Å². The van der Waals surface area contributed by atoms with Crippen LogP contribution in [-0.4, -0.2) is 42.3 Å². The van der Waals surface area contributed by atoms with Gasteiger partial charge in [0, 0.05) is 12.8 Å². The summed E-state index contributed by atoms with van der Waals surface area (Å²) in [5.41, 5.74) is 0.410. The number of allylic oxidation sites excluding steroid dienone is 1. The van der Waals surface area contributed by atoms with E-state index in [9.17, 15) is 19.2 Å². The molecule has 2 aliphatic carbocycles. The summed E-state index contributed by atoms with van der Waals surface area (Å²) >= 11 is 0. The molecule has 1 heterocycles. The van der Waals surface area contributed by atoms with Crippen LogP contribution >= 0.6 is 0 Å². The van der Waals surface area contributed by atoms with Crippen molar-refractivity contribution in [3.8, 4) is 0 Å². The van der Waals surface area contributed by atoms with Gasteiger partial charge in [0.05, 0.1) is 17.9 Å². The molecule has 0 radical (unpaired) electrons. The molecule has 0 aromatic carbocycles. The molecule has 3 rings (SSSR count). The van der Waals surface area contributed by atoms with Gasteiger partial charge < -0.3 is 19.5 Å². The molecule has 3 aliphatic rings. The SMILES string of the molecule is CC(=O)OC[C@@H](NC(=O)OC(C)(C)C)[C@H]1C=C2CCCC[C@H]2[C@H]2C(=O)OC(=O)[C@@H]12. The van der Waals surface area contributed by atoms with Gasteiger partial charge in [0.15, 0.2) is 0 Å². The molecule has 2 fully saturated rings. The first kappa shape index (κ1) is 21.3. The second-order valence-corrected chi connectivity index (χ2v) is 9.02. The van der Waals surface area contributed by atoms with Gasteiger partial charge in [-0.1, -0.05) is 18.1 Å². The van der Waals surface area contributed by atoms with E-state index in [-0.39, 0.29) is 12.5 Å². The van der Waals surface area contributed by atoms with Crippen LogP contribution in [0.3, 0.4) is 0 Å². The van der Waals surface area contributed by atoms with E-state index in [1.54, 1.807) is 20.8 Å². The Labute approximate surface area is 170 Å². The van der Waals surface area contributed by atoms with E-state index in [1.807, 2.05) is 6.08 Å². The summed E-state index contributed by atoms with van der Waals surface area (Å²) in [7, 11) is 0. The summed E-state index contributed by atoms with van der Waals surface area (Å²) in [5, 5.41) is 2.74. The normalized spacial score (nSPS) is 29.7. The zero-order chi connectivity index (χ0) is 21.3. The monoisotopic (exact) mass is 407 g/mol. The van der Waals surface area contributed by atoms with E-state index in [1.165, 1.54) is 6.92 Å². The molecule has 0 unspecified atom stereocenters. The molecular formula is C21H29NO7. The fraction of sp³-hybridized carbons (Fsp3) is 0.714. The number of cyclic esters (lactones) is 2. The van der Waals surface area contributed by atoms with Gasteiger partial charge in [-0.3, -0.25) is 14.4 Å². The Morgan fingerprint density at radius 2 is 1.90 bits per heavy atom. The average Bonchev–Trinajstić information content (AvgIpc) is 2.91. The number of carbonyl (C=O) groups is 4. The summed E-state index contributed by atoms with van der Waals surface area (Å²) in [4.78, 5) is 48.8. The highest BCUT2D eigenvalue weighted by Gasteiger charge is 2.56. The molecule has 8 nitrogen and oxygen atoms in total. The first-order valence-corrected chi connectivity index (χ1v) is 10.2. The lowest BCUT2D eigenvalue weighted by Crippen LogP contribution is -2.51. The fourth-order valence-corrected chi connectivity index (χ4v) is 4.65. The lowest BCUT2D eigenvalue weighted by molar-refractivity contribution is -0.154. The average molecular weight is 407 g/mol. The minimum absolute atomic E-state index is 0.000137. The van der Waals surface area contributed by atoms with Crippen LogP contribution in [0.2, 0.25) is 0 Å². The Kier molecular flexibility index (Phi) is 6.00. The molecule has 1 saturated heterocycles. The first-order valence-electron chi connectivity index (χ1n) is 10.2. The second kappa shape index (κ2) is 8.16. The van der Waals surface area contributed by atoms with Crippen LogP contribution in [0.1, 0.15) is 53.4 Å². The predicted octanol–water partition coefficient (Wildman–Crippen LogP) is 2.50. The molecule has 0 aromatic heterocycles. The zero-order valence-electron chi connectivity index (χ0n) is 17.4. The van der Waals surface area contributed by atoms with Crippen LogP contribution < -0.4 is 5.32 Å². The van der Waals surface area contributed by atoms with E-state index in [4.69, 9.17) is 14.2 Å². The third-order valence-electron chi connectivity index (χ3n) is 5.73. The molecule has 1 saturated carbocycles. The van der Waals surface area contributed by atoms with Crippen LogP contribution in [0.4, 0.5) is 4.79 Å². The third kappa shape index (κ3) is 4.79. The molecule has 0 spiro atoms. The Bertz CT molecular complexity index is 736. The minimum atomic E-state index is -0.713. The summed E-state index contributed by atoms with van der Waals surface area (Å²) in [6, 6.07) is -0.713. The van der Waals surface area contributed by atoms with Gasteiger partial charge in [0.25, 0.3) is 0 Å². The Morgan fingerprint density at radius 3 is 2.55 bits per heavy atom. The molecule has 1 aliphatic heterocycles. The summed E-state index contributed by atoms with van der Waals surface area (Å²) in [6.45, 7) is 6.37. The number of amides is 1. The van der Waals surface area contributed by atoms with Crippen LogP contribution in [0.25, 0.3) is 0 Å². The molecule has 5 atom stereocenters. The van der Waals surface area contributed by atoms with Gasteiger partial charge in [0.2, 0.25) is 0 Å². The number of alkyl carbamates (subject to hydrolysis) is 1. The Morgan fingerprint density at radius 1 is 1.21 bits per heavy atom. The molecule has 0 bridgehead atoms. The number of ether oxygens (including phenoxy) is 3. The van der Waals surface area contributed by atoms with Crippen molar-refractivity contribution in [2.75, 3.05) is 6.61 Å². The van der Waals surface area contributed by atoms with Gasteiger partial charge in [0.1, 0.15) is 12.2 Å². The largest absolute Gasteiger partial charge is 0.464 e. The van der Waals surface area contributed by atoms with E-state index < -0.39 is 53.4 Å². The molecule has 1 amide bonds. The highest BCUT2D eigenvalue weighted by atomic mass is 16.6. The van der Waals surface area contributed by atoms with Gasteiger partial charge >= 0.3 is 24.0 Å². The number of nitrogens with one attached hydrogen (secondary N) is 1. The van der Waals surface area contributed by atoms with E-state index in [0.717, 1.165) is 31.3 Å². The lowest BCUT2D eigenvalue weighted by atomic mass is 9.62. The van der Waals surface area contributed by atoms with Crippen molar-refractivity contribution in [2.24, 2.45) is 23.7 Å². The van der Waals surface area contributed by atoms with Crippen molar-refractivity contribution in [3.63, 3.8) is 0 Å². The fourth-order valence-electron chi connectivity index (χ4n) is 4.65. The van der Waals surface area contributed by atoms with Crippen LogP contribution in [-0.2, 0) is 28.6 Å². The van der Waals surface area contributed by atoms with Crippen molar-refractivity contribution in [1.29, 1.82) is 0 Å². The predicted molar refractivity (Wildman–Crippen MR) is 101 cm³/mol. The molecular weight excluding hydrogens is 378 g/mol. The molecule has 0 aromatic rings. The van der Waals surface area contributed by atoms with Crippen molar-refractivity contribution in [2.45, 2.75) is 65.0 Å². The maximum Gasteiger partial charge on any atom is 0.408 e. The van der Waals surface area contributed by atoms with Crippen molar-refractivity contribution >= 4 is 24.0 Å². The first-order chi connectivity index (χ1) is 13.6. The topological polar surface area (TPSA) is 108 Å². The highest BCUT2D eigenvalue weighted by Crippen LogP contribution is 2.49. The number of carbonyl (C=O) groups excluding carboxylic acids is 4. The number of hydrogen-bond acceptors (Lipinski definition) is 7. The van der Waals surface area contributed by atoms with Crippen LogP contribution in [0.15, 0.2) is 11.6 Å². The number of esters is 3. The van der Waals surface area contributed by atoms with Gasteiger partial charge in [-0.15, -0.1) is 0 Å². The minimum Gasteiger partial charge on any atom is -0.464 e. The van der Waals surface area contributed by atoms with Crippen molar-refractivity contribution in [3.05, 3.63) is 11.6 Å². The lowest BCUT2D eigenvalue weighted by Gasteiger charge is -2.40. The standard InChI is InChI=1S/C21H29NO7/c1-11(23)27-10-15(22-20(26)29-21(2,3)4)14-9-12-7-5-6-8-13(12)16-17(14)19(25)28-18(16)24/h9,13-17H,5-8,10H2,1-4H3,(H,22,26)/t13-,14-,15-,16-,17+/m1/s1.